The van der Waals surface area contributed by atoms with Crippen LogP contribution in [-0.2, 0) is 12.3 Å². The molecule has 1 aliphatic heterocycles. The van der Waals surface area contributed by atoms with E-state index in [-0.39, 0.29) is 6.04 Å². The molecule has 0 amide bonds. The Hall–Kier alpha value is -2.41. The Morgan fingerprint density at radius 1 is 1.21 bits per heavy atom. The maximum atomic E-state index is 4.67. The summed E-state index contributed by atoms with van der Waals surface area (Å²) in [5.74, 6) is 2.65. The number of nitrogens with zero attached hydrogens (tertiary/aromatic N) is 5. The molecule has 0 spiro atoms. The lowest BCUT2D eigenvalue weighted by Gasteiger charge is -2.23. The van der Waals surface area contributed by atoms with Gasteiger partial charge in [-0.05, 0) is 18.4 Å². The van der Waals surface area contributed by atoms with Crippen LogP contribution in [0.3, 0.4) is 0 Å². The van der Waals surface area contributed by atoms with Crippen LogP contribution in [0.25, 0.3) is 0 Å². The number of fused-ring (bicyclic) bond motifs is 1. The molecule has 1 N–H and O–H groups in total. The second kappa shape index (κ2) is 7.00. The molecular weight excluding hydrogens is 320 g/mol. The molecule has 1 unspecified atom stereocenters. The minimum Gasteiger partial charge on any atom is -0.359 e. The summed E-state index contributed by atoms with van der Waals surface area (Å²) in [5.41, 5.74) is 1.28. The van der Waals surface area contributed by atoms with Gasteiger partial charge in [0.05, 0.1) is 18.4 Å². The van der Waals surface area contributed by atoms with Crippen LogP contribution < -0.4 is 5.32 Å². The Kier molecular flexibility index (Phi) is 4.42. The van der Waals surface area contributed by atoms with Crippen LogP contribution in [0, 0.1) is 0 Å². The molecule has 1 atom stereocenters. The summed E-state index contributed by atoms with van der Waals surface area (Å²) < 4.78 is 1.96. The van der Waals surface area contributed by atoms with E-state index in [1.165, 1.54) is 5.56 Å². The van der Waals surface area contributed by atoms with Crippen molar-refractivity contribution >= 4 is 17.6 Å². The smallest absolute Gasteiger partial charge is 0.149 e. The van der Waals surface area contributed by atoms with Crippen LogP contribution in [0.1, 0.15) is 30.3 Å². The first-order valence-electron chi connectivity index (χ1n) is 8.01. The van der Waals surface area contributed by atoms with Gasteiger partial charge < -0.3 is 5.32 Å². The van der Waals surface area contributed by atoms with Crippen LogP contribution >= 0.6 is 11.8 Å². The molecule has 0 aliphatic carbocycles. The van der Waals surface area contributed by atoms with Crippen molar-refractivity contribution in [2.45, 2.75) is 36.2 Å². The number of aromatic nitrogens is 5. The normalized spacial score (nSPS) is 16.6. The number of thioether (sulfide) groups is 1. The van der Waals surface area contributed by atoms with Crippen molar-refractivity contribution in [3.63, 3.8) is 0 Å². The summed E-state index contributed by atoms with van der Waals surface area (Å²) in [5, 5.41) is 8.62. The maximum Gasteiger partial charge on any atom is 0.149 e. The number of rotatable bonds is 5. The van der Waals surface area contributed by atoms with E-state index in [1.807, 2.05) is 16.9 Å². The van der Waals surface area contributed by atoms with Gasteiger partial charge in [-0.1, -0.05) is 30.3 Å². The van der Waals surface area contributed by atoms with Crippen LogP contribution in [0.5, 0.6) is 0 Å². The lowest BCUT2D eigenvalue weighted by Crippen LogP contribution is -2.23. The predicted molar refractivity (Wildman–Crippen MR) is 93.7 cm³/mol. The van der Waals surface area contributed by atoms with Gasteiger partial charge in [0.25, 0.3) is 0 Å². The summed E-state index contributed by atoms with van der Waals surface area (Å²) in [6.07, 6.45) is 7.31. The van der Waals surface area contributed by atoms with Gasteiger partial charge >= 0.3 is 0 Å². The SMILES string of the molecule is c1ccc(CSc2cncc(NC3CCCn4ncnc43)n2)cc1. The number of anilines is 1. The molecule has 122 valence electrons. The molecule has 0 saturated heterocycles. The molecule has 1 aromatic carbocycles. The molecule has 24 heavy (non-hydrogen) atoms. The monoisotopic (exact) mass is 338 g/mol. The van der Waals surface area contributed by atoms with E-state index in [4.69, 9.17) is 0 Å². The highest BCUT2D eigenvalue weighted by Crippen LogP contribution is 2.27. The van der Waals surface area contributed by atoms with Gasteiger partial charge in [-0.15, -0.1) is 11.8 Å². The molecule has 3 heterocycles. The Labute approximate surface area is 144 Å². The van der Waals surface area contributed by atoms with Crippen molar-refractivity contribution < 1.29 is 0 Å². The second-order valence-corrected chi connectivity index (χ2v) is 6.69. The van der Waals surface area contributed by atoms with E-state index < -0.39 is 0 Å². The highest BCUT2D eigenvalue weighted by molar-refractivity contribution is 7.98. The third-order valence-electron chi connectivity index (χ3n) is 3.98. The number of aryl methyl sites for hydroxylation is 1. The third-order valence-corrected chi connectivity index (χ3v) is 4.95. The van der Waals surface area contributed by atoms with E-state index >= 15 is 0 Å². The first-order chi connectivity index (χ1) is 11.9. The highest BCUT2D eigenvalue weighted by atomic mass is 32.2. The number of nitrogens with one attached hydrogen (secondary N) is 1. The molecule has 4 rings (SSSR count). The fraction of sp³-hybridized carbons (Fsp3) is 0.294. The highest BCUT2D eigenvalue weighted by Gasteiger charge is 2.22. The topological polar surface area (TPSA) is 68.5 Å². The second-order valence-electron chi connectivity index (χ2n) is 5.70. The molecular formula is C17H18N6S. The van der Waals surface area contributed by atoms with Gasteiger partial charge in [0.2, 0.25) is 0 Å². The van der Waals surface area contributed by atoms with Crippen molar-refractivity contribution in [3.05, 3.63) is 60.4 Å². The van der Waals surface area contributed by atoms with E-state index in [2.05, 4.69) is 49.6 Å². The van der Waals surface area contributed by atoms with Crippen molar-refractivity contribution in [2.24, 2.45) is 0 Å². The number of benzene rings is 1. The summed E-state index contributed by atoms with van der Waals surface area (Å²) >= 11 is 1.69. The molecule has 0 bridgehead atoms. The molecule has 1 aliphatic rings. The van der Waals surface area contributed by atoms with Crippen molar-refractivity contribution in [1.29, 1.82) is 0 Å². The molecule has 7 heteroatoms. The van der Waals surface area contributed by atoms with Crippen molar-refractivity contribution in [1.82, 2.24) is 24.7 Å². The van der Waals surface area contributed by atoms with Crippen LogP contribution in [0.2, 0.25) is 0 Å². The summed E-state index contributed by atoms with van der Waals surface area (Å²) in [7, 11) is 0. The lowest BCUT2D eigenvalue weighted by molar-refractivity contribution is 0.437. The Morgan fingerprint density at radius 2 is 2.12 bits per heavy atom. The Morgan fingerprint density at radius 3 is 3.04 bits per heavy atom. The number of hydrogen-bond donors (Lipinski definition) is 1. The van der Waals surface area contributed by atoms with Crippen LogP contribution in [-0.4, -0.2) is 24.7 Å². The summed E-state index contributed by atoms with van der Waals surface area (Å²) in [6.45, 7) is 0.937. The zero-order chi connectivity index (χ0) is 16.2. The van der Waals surface area contributed by atoms with Crippen molar-refractivity contribution in [3.8, 4) is 0 Å². The molecule has 0 saturated carbocycles. The number of hydrogen-bond acceptors (Lipinski definition) is 6. The standard InChI is InChI=1S/C17H18N6S/c1-2-5-13(6-3-1)11-24-16-10-18-9-15(22-16)21-14-7-4-8-23-17(14)19-12-20-23/h1-3,5-6,9-10,12,14H,4,7-8,11H2,(H,21,22). The minimum atomic E-state index is 0.143. The average molecular weight is 338 g/mol. The summed E-state index contributed by atoms with van der Waals surface area (Å²) in [4.78, 5) is 13.4. The first kappa shape index (κ1) is 15.1. The van der Waals surface area contributed by atoms with E-state index in [0.717, 1.165) is 41.8 Å². The summed E-state index contributed by atoms with van der Waals surface area (Å²) in [6, 6.07) is 10.5. The van der Waals surface area contributed by atoms with Gasteiger partial charge in [-0.2, -0.15) is 5.10 Å². The van der Waals surface area contributed by atoms with Gasteiger partial charge in [0, 0.05) is 12.3 Å². The Bertz CT molecular complexity index is 804. The van der Waals surface area contributed by atoms with E-state index in [9.17, 15) is 0 Å². The van der Waals surface area contributed by atoms with Crippen molar-refractivity contribution in [2.75, 3.05) is 5.32 Å². The van der Waals surface area contributed by atoms with Gasteiger partial charge in [0.1, 0.15) is 23.0 Å². The fourth-order valence-electron chi connectivity index (χ4n) is 2.82. The van der Waals surface area contributed by atoms with Crippen LogP contribution in [0.4, 0.5) is 5.82 Å². The predicted octanol–water partition coefficient (Wildman–Crippen LogP) is 3.31. The minimum absolute atomic E-state index is 0.143. The molecule has 3 aromatic rings. The zero-order valence-electron chi connectivity index (χ0n) is 13.2. The maximum absolute atomic E-state index is 4.67. The fourth-order valence-corrected chi connectivity index (χ4v) is 3.63. The molecule has 0 radical (unpaired) electrons. The van der Waals surface area contributed by atoms with Gasteiger partial charge in [-0.3, -0.25) is 4.98 Å². The third kappa shape index (κ3) is 3.41. The Balaban J connectivity index is 1.44. The first-order valence-corrected chi connectivity index (χ1v) is 9.00. The molecule has 6 nitrogen and oxygen atoms in total. The van der Waals surface area contributed by atoms with E-state index in [1.54, 1.807) is 24.3 Å². The largest absolute Gasteiger partial charge is 0.359 e. The van der Waals surface area contributed by atoms with E-state index in [0.29, 0.717) is 0 Å². The lowest BCUT2D eigenvalue weighted by atomic mass is 10.1. The van der Waals surface area contributed by atoms with Gasteiger partial charge in [0.15, 0.2) is 0 Å². The molecule has 0 fully saturated rings. The van der Waals surface area contributed by atoms with Gasteiger partial charge in [-0.25, -0.2) is 14.6 Å². The molecule has 2 aromatic heterocycles. The average Bonchev–Trinajstić information content (AvgIpc) is 3.11. The van der Waals surface area contributed by atoms with Crippen LogP contribution in [0.15, 0.2) is 54.1 Å². The quantitative estimate of drug-likeness (QED) is 0.720. The zero-order valence-corrected chi connectivity index (χ0v) is 14.0.